The number of hydrogen-bond donors (Lipinski definition) is 1. The molecule has 1 atom stereocenters. The molecule has 92 valence electrons. The summed E-state index contributed by atoms with van der Waals surface area (Å²) in [5, 5.41) is 11.5. The first-order valence-corrected chi connectivity index (χ1v) is 5.83. The number of allylic oxidation sites excluding steroid dienone is 2. The number of nitrogens with zero attached hydrogens (tertiary/aromatic N) is 1. The number of nitrogens with one attached hydrogen (secondary N) is 1. The van der Waals surface area contributed by atoms with E-state index >= 15 is 0 Å². The summed E-state index contributed by atoms with van der Waals surface area (Å²) in [5.74, 6) is 0.295. The van der Waals surface area contributed by atoms with E-state index in [9.17, 15) is 4.79 Å². The molecule has 0 unspecified atom stereocenters. The van der Waals surface area contributed by atoms with E-state index in [1.165, 1.54) is 6.92 Å². The molecule has 1 N–H and O–H groups in total. The largest absolute Gasteiger partial charge is 0.476 e. The van der Waals surface area contributed by atoms with Crippen LogP contribution in [0.5, 0.6) is 0 Å². The second-order valence-corrected chi connectivity index (χ2v) is 4.17. The molecule has 1 aliphatic rings. The lowest BCUT2D eigenvalue weighted by Crippen LogP contribution is -2.09. The second-order valence-electron chi connectivity index (χ2n) is 4.17. The van der Waals surface area contributed by atoms with Crippen LogP contribution < -0.4 is 5.32 Å². The number of anilines is 1. The van der Waals surface area contributed by atoms with E-state index in [0.29, 0.717) is 5.76 Å². The Morgan fingerprint density at radius 3 is 2.78 bits per heavy atom. The molecule has 0 radical (unpaired) electrons. The molecule has 0 aliphatic carbocycles. The summed E-state index contributed by atoms with van der Waals surface area (Å²) >= 11 is 0. The van der Waals surface area contributed by atoms with Gasteiger partial charge in [-0.05, 0) is 36.6 Å². The Balaban J connectivity index is 2.08. The van der Waals surface area contributed by atoms with Crippen molar-refractivity contribution in [3.05, 3.63) is 41.7 Å². The van der Waals surface area contributed by atoms with E-state index in [1.54, 1.807) is 0 Å². The molecule has 0 bridgehead atoms. The van der Waals surface area contributed by atoms with Gasteiger partial charge in [0.25, 0.3) is 0 Å². The fourth-order valence-corrected chi connectivity index (χ4v) is 1.92. The highest BCUT2D eigenvalue weighted by molar-refractivity contribution is 5.88. The molecular formula is C14H14N2O2. The SMILES string of the molecule is CC(=O)Nc1ccc([C@@H]2CCC=C(C#N)O2)cc1. The monoisotopic (exact) mass is 242 g/mol. The van der Waals surface area contributed by atoms with Crippen LogP contribution in [0.4, 0.5) is 5.69 Å². The average molecular weight is 242 g/mol. The van der Waals surface area contributed by atoms with Crippen molar-refractivity contribution in [3.63, 3.8) is 0 Å². The topological polar surface area (TPSA) is 62.1 Å². The Morgan fingerprint density at radius 1 is 1.44 bits per heavy atom. The summed E-state index contributed by atoms with van der Waals surface area (Å²) in [5.41, 5.74) is 1.78. The highest BCUT2D eigenvalue weighted by atomic mass is 16.5. The smallest absolute Gasteiger partial charge is 0.221 e. The van der Waals surface area contributed by atoms with E-state index in [-0.39, 0.29) is 12.0 Å². The van der Waals surface area contributed by atoms with Gasteiger partial charge in [-0.3, -0.25) is 4.79 Å². The summed E-state index contributed by atoms with van der Waals surface area (Å²) in [4.78, 5) is 10.9. The van der Waals surface area contributed by atoms with Gasteiger partial charge >= 0.3 is 0 Å². The number of hydrogen-bond acceptors (Lipinski definition) is 3. The Labute approximate surface area is 106 Å². The lowest BCUT2D eigenvalue weighted by molar-refractivity contribution is -0.114. The van der Waals surface area contributed by atoms with Crippen LogP contribution in [0.2, 0.25) is 0 Å². The zero-order chi connectivity index (χ0) is 13.0. The van der Waals surface area contributed by atoms with Gasteiger partial charge in [-0.25, -0.2) is 0 Å². The fraction of sp³-hybridized carbons (Fsp3) is 0.286. The summed E-state index contributed by atoms with van der Waals surface area (Å²) < 4.78 is 5.56. The van der Waals surface area contributed by atoms with Crippen LogP contribution in [0.25, 0.3) is 0 Å². The average Bonchev–Trinajstić information content (AvgIpc) is 2.39. The van der Waals surface area contributed by atoms with Crippen LogP contribution in [0.1, 0.15) is 31.4 Å². The van der Waals surface area contributed by atoms with Crippen molar-refractivity contribution in [1.82, 2.24) is 0 Å². The number of rotatable bonds is 2. The van der Waals surface area contributed by atoms with Crippen molar-refractivity contribution in [2.75, 3.05) is 5.32 Å². The minimum absolute atomic E-state index is 0.0731. The number of carbonyl (C=O) groups excluding carboxylic acids is 1. The van der Waals surface area contributed by atoms with Crippen LogP contribution in [0, 0.1) is 11.3 Å². The summed E-state index contributed by atoms with van der Waals surface area (Å²) in [6, 6.07) is 9.52. The molecule has 18 heavy (non-hydrogen) atoms. The van der Waals surface area contributed by atoms with Gasteiger partial charge in [0, 0.05) is 12.6 Å². The Bertz CT molecular complexity index is 512. The molecule has 0 saturated carbocycles. The molecule has 1 aromatic rings. The van der Waals surface area contributed by atoms with Crippen molar-refractivity contribution in [2.45, 2.75) is 25.9 Å². The quantitative estimate of drug-likeness (QED) is 0.867. The Morgan fingerprint density at radius 2 is 2.17 bits per heavy atom. The maximum absolute atomic E-state index is 10.9. The zero-order valence-electron chi connectivity index (χ0n) is 10.1. The van der Waals surface area contributed by atoms with E-state index in [4.69, 9.17) is 10.00 Å². The summed E-state index contributed by atoms with van der Waals surface area (Å²) in [6.07, 6.45) is 3.45. The van der Waals surface area contributed by atoms with Crippen LogP contribution in [-0.2, 0) is 9.53 Å². The summed E-state index contributed by atoms with van der Waals surface area (Å²) in [6.45, 7) is 1.47. The van der Waals surface area contributed by atoms with E-state index in [0.717, 1.165) is 24.1 Å². The lowest BCUT2D eigenvalue weighted by atomic mass is 10.0. The third-order valence-electron chi connectivity index (χ3n) is 2.74. The predicted octanol–water partition coefficient (Wildman–Crippen LogP) is 2.90. The van der Waals surface area contributed by atoms with Gasteiger partial charge in [-0.2, -0.15) is 5.26 Å². The van der Waals surface area contributed by atoms with Crippen LogP contribution in [-0.4, -0.2) is 5.91 Å². The van der Waals surface area contributed by atoms with Crippen molar-refractivity contribution in [2.24, 2.45) is 0 Å². The standard InChI is InChI=1S/C14H14N2O2/c1-10(17)16-12-7-5-11(6-8-12)14-4-2-3-13(9-15)18-14/h3,5-8,14H,2,4H2,1H3,(H,16,17)/t14-/m0/s1. The lowest BCUT2D eigenvalue weighted by Gasteiger charge is -2.22. The van der Waals surface area contributed by atoms with Crippen molar-refractivity contribution in [3.8, 4) is 6.07 Å². The van der Waals surface area contributed by atoms with E-state index < -0.39 is 0 Å². The van der Waals surface area contributed by atoms with Crippen molar-refractivity contribution >= 4 is 11.6 Å². The Kier molecular flexibility index (Phi) is 3.63. The molecule has 4 nitrogen and oxygen atoms in total. The molecule has 2 rings (SSSR count). The zero-order valence-corrected chi connectivity index (χ0v) is 10.1. The molecule has 0 spiro atoms. The number of carbonyl (C=O) groups is 1. The number of ether oxygens (including phenoxy) is 1. The molecule has 1 amide bonds. The normalized spacial score (nSPS) is 18.2. The third-order valence-corrected chi connectivity index (χ3v) is 2.74. The maximum Gasteiger partial charge on any atom is 0.221 e. The maximum atomic E-state index is 10.9. The van der Waals surface area contributed by atoms with Gasteiger partial charge < -0.3 is 10.1 Å². The van der Waals surface area contributed by atoms with Gasteiger partial charge in [0.1, 0.15) is 12.2 Å². The van der Waals surface area contributed by atoms with Gasteiger partial charge in [0.05, 0.1) is 0 Å². The van der Waals surface area contributed by atoms with Crippen LogP contribution in [0.3, 0.4) is 0 Å². The number of nitriles is 1. The van der Waals surface area contributed by atoms with Crippen LogP contribution >= 0.6 is 0 Å². The second kappa shape index (κ2) is 5.37. The first-order chi connectivity index (χ1) is 8.69. The molecule has 0 aromatic heterocycles. The molecule has 1 heterocycles. The highest BCUT2D eigenvalue weighted by Gasteiger charge is 2.18. The van der Waals surface area contributed by atoms with Gasteiger partial charge in [0.2, 0.25) is 5.91 Å². The third kappa shape index (κ3) is 2.89. The van der Waals surface area contributed by atoms with Crippen LogP contribution in [0.15, 0.2) is 36.1 Å². The van der Waals surface area contributed by atoms with Crippen molar-refractivity contribution < 1.29 is 9.53 Å². The first-order valence-electron chi connectivity index (χ1n) is 5.83. The predicted molar refractivity (Wildman–Crippen MR) is 67.5 cm³/mol. The fourth-order valence-electron chi connectivity index (χ4n) is 1.92. The van der Waals surface area contributed by atoms with E-state index in [1.807, 2.05) is 36.4 Å². The van der Waals surface area contributed by atoms with Crippen molar-refractivity contribution in [1.29, 1.82) is 5.26 Å². The van der Waals surface area contributed by atoms with Gasteiger partial charge in [0.15, 0.2) is 5.76 Å². The van der Waals surface area contributed by atoms with E-state index in [2.05, 4.69) is 5.32 Å². The molecule has 0 saturated heterocycles. The minimum Gasteiger partial charge on any atom is -0.476 e. The molecular weight excluding hydrogens is 228 g/mol. The summed E-state index contributed by atoms with van der Waals surface area (Å²) in [7, 11) is 0. The Hall–Kier alpha value is -2.28. The van der Waals surface area contributed by atoms with Gasteiger partial charge in [-0.1, -0.05) is 12.1 Å². The minimum atomic E-state index is -0.0913. The number of benzene rings is 1. The molecule has 1 aliphatic heterocycles. The molecule has 0 fully saturated rings. The van der Waals surface area contributed by atoms with Gasteiger partial charge in [-0.15, -0.1) is 0 Å². The molecule has 1 aromatic carbocycles. The molecule has 4 heteroatoms. The highest BCUT2D eigenvalue weighted by Crippen LogP contribution is 2.30. The first kappa shape index (κ1) is 12.2. The number of amides is 1.